The lowest BCUT2D eigenvalue weighted by Crippen LogP contribution is -2.26. The summed E-state index contributed by atoms with van der Waals surface area (Å²) in [5.74, 6) is 0.0173. The van der Waals surface area contributed by atoms with Crippen LogP contribution < -0.4 is 5.32 Å². The third kappa shape index (κ3) is 4.70. The van der Waals surface area contributed by atoms with Gasteiger partial charge in [0.2, 0.25) is 5.91 Å². The maximum atomic E-state index is 11.8. The van der Waals surface area contributed by atoms with Gasteiger partial charge >= 0.3 is 0 Å². The van der Waals surface area contributed by atoms with Crippen molar-refractivity contribution in [2.24, 2.45) is 0 Å². The van der Waals surface area contributed by atoms with Crippen molar-refractivity contribution in [3.63, 3.8) is 0 Å². The van der Waals surface area contributed by atoms with Crippen molar-refractivity contribution in [2.75, 3.05) is 19.8 Å². The van der Waals surface area contributed by atoms with Crippen LogP contribution in [0, 0.1) is 0 Å². The average molecular weight is 310 g/mol. The van der Waals surface area contributed by atoms with Gasteiger partial charge in [0.05, 0.1) is 12.1 Å². The van der Waals surface area contributed by atoms with Gasteiger partial charge < -0.3 is 10.1 Å². The van der Waals surface area contributed by atoms with E-state index < -0.39 is 0 Å². The summed E-state index contributed by atoms with van der Waals surface area (Å²) in [6.45, 7) is 4.03. The Morgan fingerprint density at radius 2 is 2.35 bits per heavy atom. The first-order chi connectivity index (χ1) is 9.79. The highest BCUT2D eigenvalue weighted by Crippen LogP contribution is 2.25. The van der Waals surface area contributed by atoms with Crippen molar-refractivity contribution in [1.29, 1.82) is 0 Å². The van der Waals surface area contributed by atoms with Crippen molar-refractivity contribution in [2.45, 2.75) is 19.8 Å². The van der Waals surface area contributed by atoms with Crippen LogP contribution in [0.25, 0.3) is 10.6 Å². The molecule has 2 rings (SSSR count). The van der Waals surface area contributed by atoms with Gasteiger partial charge in [-0.15, -0.1) is 11.3 Å². The second-order valence-electron chi connectivity index (χ2n) is 4.23. The Bertz CT molecular complexity index is 523. The van der Waals surface area contributed by atoms with E-state index in [1.165, 1.54) is 0 Å². The van der Waals surface area contributed by atoms with Gasteiger partial charge in [-0.3, -0.25) is 4.79 Å². The molecule has 0 saturated heterocycles. The summed E-state index contributed by atoms with van der Waals surface area (Å²) in [6.07, 6.45) is 1.19. The number of nitrogens with zero attached hydrogens (tertiary/aromatic N) is 1. The molecule has 2 heterocycles. The predicted octanol–water partition coefficient (Wildman–Crippen LogP) is 2.96. The Kier molecular flexibility index (Phi) is 6.17. The number of nitrogens with one attached hydrogen (secondary N) is 1. The lowest BCUT2D eigenvalue weighted by atomic mass is 10.3. The maximum Gasteiger partial charge on any atom is 0.226 e. The van der Waals surface area contributed by atoms with Crippen molar-refractivity contribution < 1.29 is 9.53 Å². The molecule has 0 saturated carbocycles. The van der Waals surface area contributed by atoms with E-state index in [1.807, 2.05) is 23.8 Å². The fourth-order valence-electron chi connectivity index (χ4n) is 1.68. The SMILES string of the molecule is CCOCCCNC(=O)Cc1csc(-c2ccsc2)n1. The first kappa shape index (κ1) is 15.2. The molecule has 2 aromatic rings. The molecule has 0 unspecified atom stereocenters. The molecule has 0 bridgehead atoms. The largest absolute Gasteiger partial charge is 0.382 e. The molecule has 2 aromatic heterocycles. The minimum Gasteiger partial charge on any atom is -0.382 e. The first-order valence-electron chi connectivity index (χ1n) is 6.61. The van der Waals surface area contributed by atoms with Crippen LogP contribution in [0.5, 0.6) is 0 Å². The summed E-state index contributed by atoms with van der Waals surface area (Å²) in [5, 5.41) is 9.91. The van der Waals surface area contributed by atoms with Gasteiger partial charge in [-0.2, -0.15) is 11.3 Å². The Morgan fingerprint density at radius 1 is 1.45 bits per heavy atom. The number of rotatable bonds is 8. The van der Waals surface area contributed by atoms with Gasteiger partial charge in [0, 0.05) is 36.1 Å². The van der Waals surface area contributed by atoms with Crippen molar-refractivity contribution in [3.05, 3.63) is 27.9 Å². The zero-order valence-corrected chi connectivity index (χ0v) is 13.1. The fraction of sp³-hybridized carbons (Fsp3) is 0.429. The molecule has 0 atom stereocenters. The van der Waals surface area contributed by atoms with Crippen LogP contribution in [0.4, 0.5) is 0 Å². The number of hydrogen-bond acceptors (Lipinski definition) is 5. The van der Waals surface area contributed by atoms with Gasteiger partial charge in [0.1, 0.15) is 5.01 Å². The molecule has 0 radical (unpaired) electrons. The Balaban J connectivity index is 1.74. The van der Waals surface area contributed by atoms with Gasteiger partial charge in [-0.05, 0) is 24.8 Å². The monoisotopic (exact) mass is 310 g/mol. The fourth-order valence-corrected chi connectivity index (χ4v) is 3.21. The summed E-state index contributed by atoms with van der Waals surface area (Å²) in [6, 6.07) is 2.04. The molecule has 1 amide bonds. The van der Waals surface area contributed by atoms with Gasteiger partial charge in [-0.1, -0.05) is 0 Å². The normalized spacial score (nSPS) is 10.7. The van der Waals surface area contributed by atoms with E-state index in [2.05, 4.69) is 15.7 Å². The molecule has 0 spiro atoms. The zero-order chi connectivity index (χ0) is 14.2. The zero-order valence-electron chi connectivity index (χ0n) is 11.4. The molecule has 20 heavy (non-hydrogen) atoms. The van der Waals surface area contributed by atoms with E-state index in [1.54, 1.807) is 22.7 Å². The maximum absolute atomic E-state index is 11.8. The Hall–Kier alpha value is -1.24. The van der Waals surface area contributed by atoms with Gasteiger partial charge in [0.15, 0.2) is 0 Å². The predicted molar refractivity (Wildman–Crippen MR) is 83.3 cm³/mol. The van der Waals surface area contributed by atoms with Crippen LogP contribution in [0.15, 0.2) is 22.2 Å². The molecular formula is C14H18N2O2S2. The second-order valence-corrected chi connectivity index (χ2v) is 5.87. The minimum atomic E-state index is 0.0173. The quantitative estimate of drug-likeness (QED) is 0.763. The molecule has 0 aliphatic carbocycles. The Labute approximate surface area is 126 Å². The molecular weight excluding hydrogens is 292 g/mol. The Morgan fingerprint density at radius 3 is 3.10 bits per heavy atom. The average Bonchev–Trinajstić information content (AvgIpc) is 3.08. The first-order valence-corrected chi connectivity index (χ1v) is 8.43. The second kappa shape index (κ2) is 8.14. The smallest absolute Gasteiger partial charge is 0.226 e. The van der Waals surface area contributed by atoms with E-state index >= 15 is 0 Å². The number of carbonyl (C=O) groups is 1. The van der Waals surface area contributed by atoms with E-state index in [0.717, 1.165) is 29.3 Å². The van der Waals surface area contributed by atoms with Crippen molar-refractivity contribution in [1.82, 2.24) is 10.3 Å². The molecule has 0 aliphatic heterocycles. The molecule has 4 nitrogen and oxygen atoms in total. The van der Waals surface area contributed by atoms with Crippen molar-refractivity contribution in [3.8, 4) is 10.6 Å². The topological polar surface area (TPSA) is 51.2 Å². The number of hydrogen-bond donors (Lipinski definition) is 1. The molecule has 0 aromatic carbocycles. The van der Waals surface area contributed by atoms with E-state index in [-0.39, 0.29) is 5.91 Å². The molecule has 1 N–H and O–H groups in total. The highest BCUT2D eigenvalue weighted by molar-refractivity contribution is 7.14. The lowest BCUT2D eigenvalue weighted by molar-refractivity contribution is -0.120. The van der Waals surface area contributed by atoms with Gasteiger partial charge in [-0.25, -0.2) is 4.98 Å². The lowest BCUT2D eigenvalue weighted by Gasteiger charge is -2.04. The minimum absolute atomic E-state index is 0.0173. The molecule has 108 valence electrons. The van der Waals surface area contributed by atoms with Crippen LogP contribution in [-0.2, 0) is 16.0 Å². The summed E-state index contributed by atoms with van der Waals surface area (Å²) in [7, 11) is 0. The third-order valence-electron chi connectivity index (χ3n) is 2.65. The molecule has 0 aliphatic rings. The summed E-state index contributed by atoms with van der Waals surface area (Å²) in [4.78, 5) is 16.2. The number of thiazole rings is 1. The van der Waals surface area contributed by atoms with Crippen LogP contribution in [0.3, 0.4) is 0 Å². The standard InChI is InChI=1S/C14H18N2O2S2/c1-2-18-6-3-5-15-13(17)8-12-10-20-14(16-12)11-4-7-19-9-11/h4,7,9-10H,2-3,5-6,8H2,1H3,(H,15,17). The summed E-state index contributed by atoms with van der Waals surface area (Å²) in [5.41, 5.74) is 1.96. The van der Waals surface area contributed by atoms with Crippen molar-refractivity contribution >= 4 is 28.6 Å². The van der Waals surface area contributed by atoms with Crippen LogP contribution in [0.2, 0.25) is 0 Å². The number of amides is 1. The number of aromatic nitrogens is 1. The number of thiophene rings is 1. The number of carbonyl (C=O) groups excluding carboxylic acids is 1. The highest BCUT2D eigenvalue weighted by atomic mass is 32.1. The van der Waals surface area contributed by atoms with Crippen LogP contribution in [-0.4, -0.2) is 30.6 Å². The van der Waals surface area contributed by atoms with Gasteiger partial charge in [0.25, 0.3) is 0 Å². The van der Waals surface area contributed by atoms with E-state index in [0.29, 0.717) is 19.6 Å². The van der Waals surface area contributed by atoms with E-state index in [4.69, 9.17) is 4.74 Å². The summed E-state index contributed by atoms with van der Waals surface area (Å²) < 4.78 is 5.22. The van der Waals surface area contributed by atoms with Crippen LogP contribution in [0.1, 0.15) is 19.0 Å². The molecule has 0 fully saturated rings. The van der Waals surface area contributed by atoms with Crippen LogP contribution >= 0.6 is 22.7 Å². The molecule has 6 heteroatoms. The van der Waals surface area contributed by atoms with E-state index in [9.17, 15) is 4.79 Å². The highest BCUT2D eigenvalue weighted by Gasteiger charge is 2.08. The summed E-state index contributed by atoms with van der Waals surface area (Å²) >= 11 is 3.23. The third-order valence-corrected chi connectivity index (χ3v) is 4.28. The number of ether oxygens (including phenoxy) is 1.